The molecule has 0 bridgehead atoms. The number of piperidine rings is 1. The minimum absolute atomic E-state index is 0.214. The zero-order valence-electron chi connectivity index (χ0n) is 19.4. The van der Waals surface area contributed by atoms with Crippen LogP contribution in [0.5, 0.6) is 0 Å². The lowest BCUT2D eigenvalue weighted by atomic mass is 10.0. The van der Waals surface area contributed by atoms with Gasteiger partial charge < -0.3 is 10.2 Å². The summed E-state index contributed by atoms with van der Waals surface area (Å²) in [7, 11) is 0. The van der Waals surface area contributed by atoms with E-state index in [0.29, 0.717) is 18.5 Å². The van der Waals surface area contributed by atoms with Crippen molar-refractivity contribution in [3.05, 3.63) is 95.1 Å². The van der Waals surface area contributed by atoms with Gasteiger partial charge in [0.15, 0.2) is 0 Å². The lowest BCUT2D eigenvalue weighted by Crippen LogP contribution is -2.52. The fourth-order valence-corrected chi connectivity index (χ4v) is 4.47. The number of rotatable bonds is 4. The van der Waals surface area contributed by atoms with Crippen LogP contribution in [0, 0.1) is 11.8 Å². The molecule has 0 saturated carbocycles. The molecule has 2 heterocycles. The molecule has 36 heavy (non-hydrogen) atoms. The highest BCUT2D eigenvalue weighted by Crippen LogP contribution is 2.28. The van der Waals surface area contributed by atoms with Crippen molar-refractivity contribution >= 4 is 23.6 Å². The Morgan fingerprint density at radius 2 is 1.72 bits per heavy atom. The second-order valence-corrected chi connectivity index (χ2v) is 8.77. The van der Waals surface area contributed by atoms with Crippen molar-refractivity contribution in [3.8, 4) is 23.0 Å². The van der Waals surface area contributed by atoms with Gasteiger partial charge in [0.05, 0.1) is 0 Å². The van der Waals surface area contributed by atoms with Gasteiger partial charge in [0.25, 0.3) is 11.8 Å². The summed E-state index contributed by atoms with van der Waals surface area (Å²) >= 11 is 0. The first kappa shape index (κ1) is 23.1. The average molecular weight is 478 g/mol. The molecule has 0 radical (unpaired) electrons. The Morgan fingerprint density at radius 1 is 0.972 bits per heavy atom. The highest BCUT2D eigenvalue weighted by Gasteiger charge is 2.39. The van der Waals surface area contributed by atoms with Crippen LogP contribution in [0.4, 0.5) is 0 Å². The molecule has 4 amide bonds. The van der Waals surface area contributed by atoms with Crippen LogP contribution in [0.25, 0.3) is 11.1 Å². The zero-order valence-corrected chi connectivity index (χ0v) is 19.4. The van der Waals surface area contributed by atoms with Crippen molar-refractivity contribution < 1.29 is 19.2 Å². The van der Waals surface area contributed by atoms with Gasteiger partial charge in [-0.15, -0.1) is 0 Å². The molecular weight excluding hydrogens is 454 g/mol. The maximum Gasteiger partial charge on any atom is 0.296 e. The largest absolute Gasteiger partial charge is 0.341 e. The monoisotopic (exact) mass is 477 g/mol. The summed E-state index contributed by atoms with van der Waals surface area (Å²) in [5, 5.41) is 5.08. The molecule has 0 spiro atoms. The molecule has 1 atom stereocenters. The Bertz CT molecular complexity index is 1420. The number of benzene rings is 3. The molecule has 178 valence electrons. The molecule has 7 nitrogen and oxygen atoms in total. The number of nitrogens with zero attached hydrogens (tertiary/aromatic N) is 1. The van der Waals surface area contributed by atoms with Crippen molar-refractivity contribution in [2.75, 3.05) is 0 Å². The Labute approximate surface area is 208 Å². The summed E-state index contributed by atoms with van der Waals surface area (Å²) in [4.78, 5) is 50.2. The standard InChI is InChI=1S/C29H23N3O4/c33-26(14-9-19-6-10-22(11-7-19)21-4-2-1-3-5-21)30-17-20-8-12-24-23(16-20)18-32(29(24)36)25-13-15-27(34)31-28(25)35/h1-8,10-12,16,25H,13,15,17-18H2,(H,30,33)(H,31,34,35). The van der Waals surface area contributed by atoms with Crippen LogP contribution in [-0.2, 0) is 27.5 Å². The third-order valence-corrected chi connectivity index (χ3v) is 6.35. The van der Waals surface area contributed by atoms with E-state index in [1.54, 1.807) is 12.1 Å². The molecule has 7 heteroatoms. The predicted octanol–water partition coefficient (Wildman–Crippen LogP) is 2.78. The first-order valence-corrected chi connectivity index (χ1v) is 11.7. The highest BCUT2D eigenvalue weighted by molar-refractivity contribution is 6.05. The number of carbonyl (C=O) groups excluding carboxylic acids is 4. The number of nitrogens with one attached hydrogen (secondary N) is 2. The van der Waals surface area contributed by atoms with E-state index in [4.69, 9.17) is 0 Å². The van der Waals surface area contributed by atoms with Gasteiger partial charge in [-0.2, -0.15) is 0 Å². The molecule has 2 aliphatic heterocycles. The van der Waals surface area contributed by atoms with E-state index >= 15 is 0 Å². The van der Waals surface area contributed by atoms with Crippen molar-refractivity contribution in [3.63, 3.8) is 0 Å². The number of imide groups is 1. The minimum atomic E-state index is -0.650. The van der Waals surface area contributed by atoms with Gasteiger partial charge in [-0.1, -0.05) is 60.5 Å². The van der Waals surface area contributed by atoms with Crippen molar-refractivity contribution in [1.29, 1.82) is 0 Å². The van der Waals surface area contributed by atoms with Crippen LogP contribution in [-0.4, -0.2) is 34.6 Å². The Balaban J connectivity index is 1.18. The van der Waals surface area contributed by atoms with Crippen molar-refractivity contribution in [2.45, 2.75) is 32.0 Å². The van der Waals surface area contributed by atoms with Crippen LogP contribution >= 0.6 is 0 Å². The summed E-state index contributed by atoms with van der Waals surface area (Å²) in [6, 6.07) is 22.4. The van der Waals surface area contributed by atoms with Gasteiger partial charge in [0.2, 0.25) is 11.8 Å². The summed E-state index contributed by atoms with van der Waals surface area (Å²) in [5.74, 6) is 4.12. The fourth-order valence-electron chi connectivity index (χ4n) is 4.47. The van der Waals surface area contributed by atoms with Gasteiger partial charge in [-0.25, -0.2) is 0 Å². The molecule has 2 N–H and O–H groups in total. The normalized spacial score (nSPS) is 16.6. The second kappa shape index (κ2) is 9.88. The summed E-state index contributed by atoms with van der Waals surface area (Å²) in [6.45, 7) is 0.557. The van der Waals surface area contributed by atoms with E-state index in [1.165, 1.54) is 4.90 Å². The first-order chi connectivity index (χ1) is 17.5. The number of amides is 4. The molecule has 0 aromatic heterocycles. The maximum absolute atomic E-state index is 12.8. The van der Waals surface area contributed by atoms with Gasteiger partial charge in [-0.3, -0.25) is 24.5 Å². The minimum Gasteiger partial charge on any atom is -0.341 e. The molecule has 1 fully saturated rings. The third-order valence-electron chi connectivity index (χ3n) is 6.35. The Hall–Kier alpha value is -4.70. The first-order valence-electron chi connectivity index (χ1n) is 11.7. The maximum atomic E-state index is 12.8. The van der Waals surface area contributed by atoms with Gasteiger partial charge in [0, 0.05) is 36.6 Å². The Morgan fingerprint density at radius 3 is 2.47 bits per heavy atom. The van der Waals surface area contributed by atoms with Crippen molar-refractivity contribution in [2.24, 2.45) is 0 Å². The third kappa shape index (κ3) is 4.89. The van der Waals surface area contributed by atoms with Crippen LogP contribution in [0.3, 0.4) is 0 Å². The van der Waals surface area contributed by atoms with E-state index < -0.39 is 17.9 Å². The van der Waals surface area contributed by atoms with E-state index in [1.807, 2.05) is 60.7 Å². The summed E-state index contributed by atoms with van der Waals surface area (Å²) in [6.07, 6.45) is 0.535. The average Bonchev–Trinajstić information content (AvgIpc) is 3.22. The molecule has 1 unspecified atom stereocenters. The van der Waals surface area contributed by atoms with E-state index in [2.05, 4.69) is 22.5 Å². The lowest BCUT2D eigenvalue weighted by Gasteiger charge is -2.29. The highest BCUT2D eigenvalue weighted by atomic mass is 16.2. The van der Waals surface area contributed by atoms with Crippen LogP contribution in [0.1, 0.15) is 39.9 Å². The van der Waals surface area contributed by atoms with Gasteiger partial charge >= 0.3 is 0 Å². The van der Waals surface area contributed by atoms with E-state index in [-0.39, 0.29) is 24.8 Å². The predicted molar refractivity (Wildman–Crippen MR) is 133 cm³/mol. The van der Waals surface area contributed by atoms with Crippen LogP contribution in [0.2, 0.25) is 0 Å². The van der Waals surface area contributed by atoms with E-state index in [0.717, 1.165) is 27.8 Å². The topological polar surface area (TPSA) is 95.6 Å². The quantitative estimate of drug-likeness (QED) is 0.446. The second-order valence-electron chi connectivity index (χ2n) is 8.77. The number of hydrogen-bond acceptors (Lipinski definition) is 4. The van der Waals surface area contributed by atoms with Crippen LogP contribution < -0.4 is 10.6 Å². The zero-order chi connectivity index (χ0) is 25.1. The summed E-state index contributed by atoms with van der Waals surface area (Å²) < 4.78 is 0. The van der Waals surface area contributed by atoms with Crippen molar-refractivity contribution in [1.82, 2.24) is 15.5 Å². The Kier molecular flexibility index (Phi) is 6.33. The SMILES string of the molecule is O=C(C#Cc1ccc(-c2ccccc2)cc1)NCc1ccc2c(c1)CN(C1CCC(=O)NC1=O)C2=O. The number of hydrogen-bond donors (Lipinski definition) is 2. The molecule has 2 aliphatic rings. The summed E-state index contributed by atoms with van der Waals surface area (Å²) in [5.41, 5.74) is 5.10. The molecule has 3 aromatic rings. The number of carbonyl (C=O) groups is 4. The lowest BCUT2D eigenvalue weighted by molar-refractivity contribution is -0.137. The van der Waals surface area contributed by atoms with Gasteiger partial charge in [-0.05, 0) is 46.9 Å². The molecule has 1 saturated heterocycles. The van der Waals surface area contributed by atoms with E-state index in [9.17, 15) is 19.2 Å². The smallest absolute Gasteiger partial charge is 0.296 e. The molecular formula is C29H23N3O4. The molecule has 0 aliphatic carbocycles. The number of fused-ring (bicyclic) bond motifs is 1. The molecule has 5 rings (SSSR count). The van der Waals surface area contributed by atoms with Crippen LogP contribution in [0.15, 0.2) is 72.8 Å². The molecule has 3 aromatic carbocycles. The fraction of sp³-hybridized carbons (Fsp3) is 0.172. The van der Waals surface area contributed by atoms with Gasteiger partial charge in [0.1, 0.15) is 6.04 Å².